The van der Waals surface area contributed by atoms with Gasteiger partial charge in [-0.2, -0.15) is 0 Å². The number of allylic oxidation sites excluding steroid dienone is 8. The molecule has 0 saturated heterocycles. The molecule has 127 valence electrons. The molecule has 23 heavy (non-hydrogen) atoms. The van der Waals surface area contributed by atoms with Crippen LogP contribution in [0.5, 0.6) is 0 Å². The zero-order valence-electron chi connectivity index (χ0n) is 16.0. The summed E-state index contributed by atoms with van der Waals surface area (Å²) >= 11 is -2.37. The Bertz CT molecular complexity index is 564. The quantitative estimate of drug-likeness (QED) is 0.452. The van der Waals surface area contributed by atoms with E-state index in [0.29, 0.717) is 0 Å². The summed E-state index contributed by atoms with van der Waals surface area (Å²) in [5, 5.41) is 0. The molecule has 2 heteroatoms. The molecular formula is C21H35SiZr. The normalized spacial score (nSPS) is 23.9. The Labute approximate surface area is 151 Å². The maximum atomic E-state index is 4.28. The van der Waals surface area contributed by atoms with E-state index in [9.17, 15) is 0 Å². The van der Waals surface area contributed by atoms with Gasteiger partial charge in [-0.05, 0) is 0 Å². The fourth-order valence-corrected chi connectivity index (χ4v) is 25.1. The fraction of sp³-hybridized carbons (Fsp3) is 0.571. The van der Waals surface area contributed by atoms with Gasteiger partial charge in [0.25, 0.3) is 0 Å². The van der Waals surface area contributed by atoms with E-state index in [1.807, 2.05) is 12.1 Å². The van der Waals surface area contributed by atoms with E-state index in [-0.39, 0.29) is 0 Å². The summed E-state index contributed by atoms with van der Waals surface area (Å²) in [6.07, 6.45) is 14.6. The first kappa shape index (κ1) is 19.4. The van der Waals surface area contributed by atoms with Crippen molar-refractivity contribution in [2.45, 2.75) is 70.3 Å². The standard InChI is InChI=1S/C13H21.C5H5.C3H6.H3Si.Zr/c1-5-10-9-11(6-2)13(8-4)12(10)7-3;1-2-4-5-3-1;1-3-2;;/h10H,5-8H2,1-4H3;1-3H,4H2;1-3H2;1H3;. The summed E-state index contributed by atoms with van der Waals surface area (Å²) in [6, 6.07) is 0. The van der Waals surface area contributed by atoms with Crippen molar-refractivity contribution in [2.24, 2.45) is 5.92 Å². The molecular weight excluding hydrogens is 372 g/mol. The van der Waals surface area contributed by atoms with Crippen LogP contribution < -0.4 is 0 Å². The minimum absolute atomic E-state index is 0.784. The molecule has 0 bridgehead atoms. The van der Waals surface area contributed by atoms with E-state index in [4.69, 9.17) is 0 Å². The second-order valence-electron chi connectivity index (χ2n) is 7.18. The third kappa shape index (κ3) is 3.40. The first-order valence-corrected chi connectivity index (χ1v) is 22.3. The van der Waals surface area contributed by atoms with Crippen molar-refractivity contribution in [1.82, 2.24) is 0 Å². The topological polar surface area (TPSA) is 0 Å². The molecule has 2 aliphatic rings. The van der Waals surface area contributed by atoms with Gasteiger partial charge in [0, 0.05) is 0 Å². The van der Waals surface area contributed by atoms with E-state index >= 15 is 0 Å². The van der Waals surface area contributed by atoms with Crippen LogP contribution in [-0.4, -0.2) is 7.37 Å². The molecule has 0 aromatic carbocycles. The minimum atomic E-state index is -2.37. The SMILES string of the molecule is [CH2]C[CH2][Zr]([SiH3])([C]1=CC=CC1)[C]1=C(CC)C(CC)=C(CC)C1CC. The molecule has 0 aromatic heterocycles. The first-order chi connectivity index (χ1) is 11.1. The summed E-state index contributed by atoms with van der Waals surface area (Å²) < 4.78 is 5.34. The molecule has 2 atom stereocenters. The Morgan fingerprint density at radius 2 is 1.83 bits per heavy atom. The average molecular weight is 407 g/mol. The Morgan fingerprint density at radius 1 is 1.13 bits per heavy atom. The van der Waals surface area contributed by atoms with Crippen molar-refractivity contribution in [3.8, 4) is 0 Å². The molecule has 0 saturated carbocycles. The predicted octanol–water partition coefficient (Wildman–Crippen LogP) is 5.73. The molecule has 0 N–H and O–H groups in total. The Hall–Kier alpha value is 0.0600. The van der Waals surface area contributed by atoms with Crippen molar-refractivity contribution >= 4 is 7.37 Å². The van der Waals surface area contributed by atoms with Crippen LogP contribution in [0.25, 0.3) is 0 Å². The summed E-state index contributed by atoms with van der Waals surface area (Å²) in [7, 11) is 1.41. The van der Waals surface area contributed by atoms with E-state index in [0.717, 1.165) is 12.3 Å². The number of hydrogen-bond donors (Lipinski definition) is 0. The molecule has 0 nitrogen and oxygen atoms in total. The van der Waals surface area contributed by atoms with Crippen LogP contribution in [0.15, 0.2) is 41.5 Å². The molecule has 0 spiro atoms. The molecule has 0 heterocycles. The molecule has 1 radical (unpaired) electrons. The predicted molar refractivity (Wildman–Crippen MR) is 105 cm³/mol. The van der Waals surface area contributed by atoms with Gasteiger partial charge in [-0.25, -0.2) is 0 Å². The van der Waals surface area contributed by atoms with Crippen LogP contribution in [0.3, 0.4) is 0 Å². The third-order valence-electron chi connectivity index (χ3n) is 6.09. The molecule has 2 unspecified atom stereocenters. The van der Waals surface area contributed by atoms with E-state index in [1.54, 1.807) is 11.1 Å². The van der Waals surface area contributed by atoms with Crippen LogP contribution in [-0.2, 0) is 19.4 Å². The van der Waals surface area contributed by atoms with Gasteiger partial charge in [0.2, 0.25) is 0 Å². The van der Waals surface area contributed by atoms with Crippen LogP contribution >= 0.6 is 0 Å². The average Bonchev–Trinajstić information content (AvgIpc) is 3.19. The summed E-state index contributed by atoms with van der Waals surface area (Å²) in [5.41, 5.74) is 5.36. The second-order valence-corrected chi connectivity index (χ2v) is 28.0. The molecule has 2 rings (SSSR count). The van der Waals surface area contributed by atoms with Gasteiger partial charge >= 0.3 is 151 Å². The molecule has 0 aliphatic heterocycles. The van der Waals surface area contributed by atoms with Crippen molar-refractivity contribution in [3.05, 3.63) is 48.4 Å². The van der Waals surface area contributed by atoms with Gasteiger partial charge in [0.1, 0.15) is 0 Å². The zero-order valence-corrected chi connectivity index (χ0v) is 20.4. The Morgan fingerprint density at radius 3 is 2.26 bits per heavy atom. The van der Waals surface area contributed by atoms with Gasteiger partial charge < -0.3 is 0 Å². The summed E-state index contributed by atoms with van der Waals surface area (Å²) in [4.78, 5) is 0. The van der Waals surface area contributed by atoms with Crippen LogP contribution in [0.2, 0.25) is 4.13 Å². The Balaban J connectivity index is 2.60. The zero-order chi connectivity index (χ0) is 17.0. The van der Waals surface area contributed by atoms with E-state index in [2.05, 4.69) is 52.8 Å². The molecule has 0 fully saturated rings. The van der Waals surface area contributed by atoms with Gasteiger partial charge in [-0.1, -0.05) is 0 Å². The van der Waals surface area contributed by atoms with E-state index in [1.165, 1.54) is 43.6 Å². The molecule has 2 aliphatic carbocycles. The Kier molecular flexibility index (Phi) is 7.11. The van der Waals surface area contributed by atoms with Crippen molar-refractivity contribution < 1.29 is 19.4 Å². The van der Waals surface area contributed by atoms with Crippen LogP contribution in [0.4, 0.5) is 0 Å². The second kappa shape index (κ2) is 8.43. The van der Waals surface area contributed by atoms with Crippen molar-refractivity contribution in [3.63, 3.8) is 0 Å². The van der Waals surface area contributed by atoms with Gasteiger partial charge in [0.15, 0.2) is 0 Å². The summed E-state index contributed by atoms with van der Waals surface area (Å²) in [6.45, 7) is 13.9. The van der Waals surface area contributed by atoms with Gasteiger partial charge in [-0.3, -0.25) is 0 Å². The third-order valence-corrected chi connectivity index (χ3v) is 28.3. The monoisotopic (exact) mass is 405 g/mol. The first-order valence-electron chi connectivity index (χ1n) is 9.70. The van der Waals surface area contributed by atoms with Gasteiger partial charge in [-0.15, -0.1) is 0 Å². The number of rotatable bonds is 8. The number of hydrogen-bond acceptors (Lipinski definition) is 0. The van der Waals surface area contributed by atoms with E-state index < -0.39 is 19.4 Å². The fourth-order valence-electron chi connectivity index (χ4n) is 5.10. The van der Waals surface area contributed by atoms with Crippen LogP contribution in [0.1, 0.15) is 66.2 Å². The van der Waals surface area contributed by atoms with Crippen LogP contribution in [0, 0.1) is 12.8 Å². The molecule has 0 aromatic rings. The van der Waals surface area contributed by atoms with Crippen molar-refractivity contribution in [2.75, 3.05) is 0 Å². The maximum absolute atomic E-state index is 4.28. The van der Waals surface area contributed by atoms with Gasteiger partial charge in [0.05, 0.1) is 0 Å². The summed E-state index contributed by atoms with van der Waals surface area (Å²) in [5.74, 6) is 0.784. The molecule has 0 amide bonds. The van der Waals surface area contributed by atoms with Crippen molar-refractivity contribution in [1.29, 1.82) is 0 Å².